The average molecular weight is 477 g/mol. The number of anilines is 1. The van der Waals surface area contributed by atoms with Crippen LogP contribution in [0, 0.1) is 0 Å². The number of sulfonamides is 1. The molecule has 0 saturated heterocycles. The molecule has 7 nitrogen and oxygen atoms in total. The molecule has 182 valence electrons. The first-order valence-electron chi connectivity index (χ1n) is 11.2. The largest absolute Gasteiger partial charge is 0.494 e. The lowest BCUT2D eigenvalue weighted by molar-refractivity contribution is -0.121. The van der Waals surface area contributed by atoms with Crippen LogP contribution in [0.2, 0.25) is 0 Å². The van der Waals surface area contributed by atoms with E-state index in [1.54, 1.807) is 24.3 Å². The fourth-order valence-electron chi connectivity index (χ4n) is 3.24. The van der Waals surface area contributed by atoms with Crippen molar-refractivity contribution in [1.82, 2.24) is 5.32 Å². The molecular weight excluding hydrogens is 440 g/mol. The summed E-state index contributed by atoms with van der Waals surface area (Å²) in [6.07, 6.45) is 1.79. The minimum absolute atomic E-state index is 0.0894. The van der Waals surface area contributed by atoms with E-state index < -0.39 is 10.0 Å². The number of hydrogen-bond acceptors (Lipinski definition) is 5. The van der Waals surface area contributed by atoms with Crippen LogP contribution in [-0.4, -0.2) is 46.9 Å². The Morgan fingerprint density at radius 1 is 0.970 bits per heavy atom. The van der Waals surface area contributed by atoms with Gasteiger partial charge in [-0.15, -0.1) is 0 Å². The minimum atomic E-state index is -3.46. The minimum Gasteiger partial charge on any atom is -0.494 e. The molecule has 0 aliphatic heterocycles. The van der Waals surface area contributed by atoms with Crippen molar-refractivity contribution in [2.75, 3.05) is 36.9 Å². The summed E-state index contributed by atoms with van der Waals surface area (Å²) in [6, 6.07) is 14.8. The van der Waals surface area contributed by atoms with Crippen LogP contribution in [0.25, 0.3) is 0 Å². The maximum Gasteiger partial charge on any atom is 0.232 e. The second kappa shape index (κ2) is 11.9. The van der Waals surface area contributed by atoms with Gasteiger partial charge < -0.3 is 14.8 Å². The van der Waals surface area contributed by atoms with Gasteiger partial charge in [-0.2, -0.15) is 0 Å². The molecule has 2 aromatic carbocycles. The summed E-state index contributed by atoms with van der Waals surface area (Å²) < 4.78 is 36.8. The molecule has 2 aromatic rings. The van der Waals surface area contributed by atoms with Crippen LogP contribution in [0.1, 0.15) is 46.1 Å². The summed E-state index contributed by atoms with van der Waals surface area (Å²) in [6.45, 7) is 9.87. The Balaban J connectivity index is 1.75. The molecular formula is C25H36N2O5S. The number of benzene rings is 2. The third-order valence-electron chi connectivity index (χ3n) is 5.01. The number of amides is 1. The Morgan fingerprint density at radius 3 is 2.09 bits per heavy atom. The Bertz CT molecular complexity index is 981. The van der Waals surface area contributed by atoms with E-state index in [-0.39, 0.29) is 24.3 Å². The van der Waals surface area contributed by atoms with Crippen molar-refractivity contribution in [3.8, 4) is 11.5 Å². The van der Waals surface area contributed by atoms with E-state index in [0.717, 1.165) is 12.0 Å². The zero-order chi connectivity index (χ0) is 24.5. The first-order valence-corrected chi connectivity index (χ1v) is 13.1. The van der Waals surface area contributed by atoms with Gasteiger partial charge in [0.1, 0.15) is 18.1 Å². The molecule has 0 spiro atoms. The maximum atomic E-state index is 12.2. The topological polar surface area (TPSA) is 84.9 Å². The van der Waals surface area contributed by atoms with Gasteiger partial charge in [0.15, 0.2) is 0 Å². The third kappa shape index (κ3) is 8.96. The van der Waals surface area contributed by atoms with Gasteiger partial charge >= 0.3 is 0 Å². The Labute approximate surface area is 198 Å². The number of nitrogens with one attached hydrogen (secondary N) is 1. The SMILES string of the molecule is CCOc1ccc(N(CCCC(=O)NCCOc2ccc(C(C)(C)C)cc2)S(C)(=O)=O)cc1. The van der Waals surface area contributed by atoms with Crippen molar-refractivity contribution < 1.29 is 22.7 Å². The van der Waals surface area contributed by atoms with Crippen molar-refractivity contribution in [1.29, 1.82) is 0 Å². The number of rotatable bonds is 12. The van der Waals surface area contributed by atoms with Crippen molar-refractivity contribution in [3.63, 3.8) is 0 Å². The predicted molar refractivity (Wildman–Crippen MR) is 133 cm³/mol. The number of hydrogen-bond donors (Lipinski definition) is 1. The lowest BCUT2D eigenvalue weighted by Crippen LogP contribution is -2.32. The molecule has 8 heteroatoms. The first kappa shape index (κ1) is 26.5. The molecule has 0 bridgehead atoms. The van der Waals surface area contributed by atoms with Gasteiger partial charge in [-0.25, -0.2) is 8.42 Å². The molecule has 0 atom stereocenters. The smallest absolute Gasteiger partial charge is 0.232 e. The first-order chi connectivity index (χ1) is 15.5. The lowest BCUT2D eigenvalue weighted by Gasteiger charge is -2.22. The van der Waals surface area contributed by atoms with Crippen LogP contribution >= 0.6 is 0 Å². The molecule has 2 rings (SSSR count). The zero-order valence-corrected chi connectivity index (χ0v) is 21.1. The van der Waals surface area contributed by atoms with E-state index in [0.29, 0.717) is 37.6 Å². The summed E-state index contributed by atoms with van der Waals surface area (Å²) in [7, 11) is -3.46. The highest BCUT2D eigenvalue weighted by molar-refractivity contribution is 7.92. The Hall–Kier alpha value is -2.74. The second-order valence-corrected chi connectivity index (χ2v) is 10.7. The highest BCUT2D eigenvalue weighted by Crippen LogP contribution is 2.24. The summed E-state index contributed by atoms with van der Waals surface area (Å²) in [5, 5.41) is 2.81. The molecule has 0 unspecified atom stereocenters. The standard InChI is InChI=1S/C25H36N2O5S/c1-6-31-22-15-11-21(12-16-22)27(33(5,29)30)18-7-8-24(28)26-17-19-32-23-13-9-20(10-14-23)25(2,3)4/h9-16H,6-8,17-19H2,1-5H3,(H,26,28). The maximum absolute atomic E-state index is 12.2. The van der Waals surface area contributed by atoms with E-state index in [1.807, 2.05) is 31.2 Å². The van der Waals surface area contributed by atoms with E-state index in [4.69, 9.17) is 9.47 Å². The summed E-state index contributed by atoms with van der Waals surface area (Å²) in [5.41, 5.74) is 1.87. The van der Waals surface area contributed by atoms with E-state index in [2.05, 4.69) is 26.1 Å². The van der Waals surface area contributed by atoms with Crippen LogP contribution in [0.3, 0.4) is 0 Å². The normalized spacial score (nSPS) is 11.7. The van der Waals surface area contributed by atoms with Crippen molar-refractivity contribution in [3.05, 3.63) is 54.1 Å². The van der Waals surface area contributed by atoms with Crippen LogP contribution < -0.4 is 19.1 Å². The van der Waals surface area contributed by atoms with Gasteiger partial charge in [0.2, 0.25) is 15.9 Å². The van der Waals surface area contributed by atoms with Gasteiger partial charge in [0.25, 0.3) is 0 Å². The van der Waals surface area contributed by atoms with Crippen molar-refractivity contribution >= 4 is 21.6 Å². The number of nitrogens with zero attached hydrogens (tertiary/aromatic N) is 1. The van der Waals surface area contributed by atoms with Gasteiger partial charge in [0.05, 0.1) is 25.1 Å². The number of ether oxygens (including phenoxy) is 2. The average Bonchev–Trinajstić information content (AvgIpc) is 2.74. The molecule has 1 amide bonds. The van der Waals surface area contributed by atoms with Crippen molar-refractivity contribution in [2.24, 2.45) is 0 Å². The predicted octanol–water partition coefficient (Wildman–Crippen LogP) is 4.12. The zero-order valence-electron chi connectivity index (χ0n) is 20.3. The molecule has 0 aromatic heterocycles. The molecule has 1 N–H and O–H groups in total. The lowest BCUT2D eigenvalue weighted by atomic mass is 9.87. The second-order valence-electron chi connectivity index (χ2n) is 8.84. The van der Waals surface area contributed by atoms with E-state index >= 15 is 0 Å². The molecule has 33 heavy (non-hydrogen) atoms. The van der Waals surface area contributed by atoms with Gasteiger partial charge in [-0.05, 0) is 60.7 Å². The monoisotopic (exact) mass is 476 g/mol. The van der Waals surface area contributed by atoms with Crippen LogP contribution in [-0.2, 0) is 20.2 Å². The Kier molecular flexibility index (Phi) is 9.58. The van der Waals surface area contributed by atoms with Crippen LogP contribution in [0.5, 0.6) is 11.5 Å². The molecule has 0 heterocycles. The van der Waals surface area contributed by atoms with Crippen molar-refractivity contribution in [2.45, 2.75) is 46.0 Å². The summed E-state index contributed by atoms with van der Waals surface area (Å²) in [5.74, 6) is 1.31. The van der Waals surface area contributed by atoms with E-state index in [9.17, 15) is 13.2 Å². The number of carbonyl (C=O) groups excluding carboxylic acids is 1. The molecule has 0 saturated carbocycles. The highest BCUT2D eigenvalue weighted by Gasteiger charge is 2.18. The quantitative estimate of drug-likeness (QED) is 0.466. The fourth-order valence-corrected chi connectivity index (χ4v) is 4.21. The molecule has 0 radical (unpaired) electrons. The van der Waals surface area contributed by atoms with Crippen LogP contribution in [0.15, 0.2) is 48.5 Å². The van der Waals surface area contributed by atoms with Gasteiger partial charge in [-0.3, -0.25) is 9.10 Å². The van der Waals surface area contributed by atoms with Crippen LogP contribution in [0.4, 0.5) is 5.69 Å². The fraction of sp³-hybridized carbons (Fsp3) is 0.480. The molecule has 0 aliphatic rings. The van der Waals surface area contributed by atoms with Gasteiger partial charge in [-0.1, -0.05) is 32.9 Å². The Morgan fingerprint density at radius 2 is 1.55 bits per heavy atom. The summed E-state index contributed by atoms with van der Waals surface area (Å²) >= 11 is 0. The molecule has 0 fully saturated rings. The molecule has 0 aliphatic carbocycles. The van der Waals surface area contributed by atoms with Gasteiger partial charge in [0, 0.05) is 13.0 Å². The van der Waals surface area contributed by atoms with E-state index in [1.165, 1.54) is 9.87 Å². The third-order valence-corrected chi connectivity index (χ3v) is 6.21. The number of carbonyl (C=O) groups is 1. The highest BCUT2D eigenvalue weighted by atomic mass is 32.2. The summed E-state index contributed by atoms with van der Waals surface area (Å²) in [4.78, 5) is 12.1.